The van der Waals surface area contributed by atoms with Crippen molar-refractivity contribution in [3.05, 3.63) is 68.1 Å². The van der Waals surface area contributed by atoms with Gasteiger partial charge in [-0.2, -0.15) is 0 Å². The molecule has 21 heavy (non-hydrogen) atoms. The van der Waals surface area contributed by atoms with E-state index < -0.39 is 11.6 Å². The van der Waals surface area contributed by atoms with Gasteiger partial charge < -0.3 is 5.32 Å². The summed E-state index contributed by atoms with van der Waals surface area (Å²) < 4.78 is 29.1. The van der Waals surface area contributed by atoms with Crippen LogP contribution >= 0.6 is 31.9 Å². The monoisotopic (exact) mass is 417 g/mol. The average Bonchev–Trinajstić information content (AvgIpc) is 2.44. The Morgan fingerprint density at radius 3 is 2.48 bits per heavy atom. The van der Waals surface area contributed by atoms with Crippen LogP contribution in [0.15, 0.2) is 45.3 Å². The van der Waals surface area contributed by atoms with Gasteiger partial charge in [-0.3, -0.25) is 0 Å². The molecule has 0 fully saturated rings. The first kappa shape index (κ1) is 16.6. The van der Waals surface area contributed by atoms with Crippen molar-refractivity contribution in [3.8, 4) is 0 Å². The van der Waals surface area contributed by atoms with Gasteiger partial charge in [-0.1, -0.05) is 44.8 Å². The number of halogens is 4. The van der Waals surface area contributed by atoms with E-state index >= 15 is 0 Å². The Balaban J connectivity index is 2.49. The van der Waals surface area contributed by atoms with E-state index in [0.717, 1.165) is 33.5 Å². The average molecular weight is 419 g/mol. The molecule has 1 nitrogen and oxygen atoms in total. The maximum atomic E-state index is 14.1. The van der Waals surface area contributed by atoms with E-state index in [0.29, 0.717) is 5.56 Å². The third kappa shape index (κ3) is 4.11. The Morgan fingerprint density at radius 2 is 1.81 bits per heavy atom. The Hall–Kier alpha value is -0.780. The van der Waals surface area contributed by atoms with Gasteiger partial charge in [-0.05, 0) is 42.8 Å². The van der Waals surface area contributed by atoms with Crippen LogP contribution in [0.3, 0.4) is 0 Å². The Bertz CT molecular complexity index is 632. The first-order chi connectivity index (χ1) is 10.0. The molecule has 0 spiro atoms. The van der Waals surface area contributed by atoms with Gasteiger partial charge in [0.15, 0.2) is 0 Å². The minimum atomic E-state index is -0.571. The SMILES string of the molecule is CCCNC(c1ccc(F)cc1F)c1cc(Br)ccc1Br. The lowest BCUT2D eigenvalue weighted by Crippen LogP contribution is -2.24. The van der Waals surface area contributed by atoms with Crippen molar-refractivity contribution in [2.75, 3.05) is 6.54 Å². The number of nitrogens with one attached hydrogen (secondary N) is 1. The van der Waals surface area contributed by atoms with E-state index in [4.69, 9.17) is 0 Å². The summed E-state index contributed by atoms with van der Waals surface area (Å²) in [6.07, 6.45) is 0.922. The van der Waals surface area contributed by atoms with Crippen LogP contribution in [0.5, 0.6) is 0 Å². The molecule has 0 aliphatic carbocycles. The van der Waals surface area contributed by atoms with Crippen molar-refractivity contribution in [1.82, 2.24) is 5.32 Å². The lowest BCUT2D eigenvalue weighted by Gasteiger charge is -2.22. The van der Waals surface area contributed by atoms with Gasteiger partial charge in [0.1, 0.15) is 11.6 Å². The van der Waals surface area contributed by atoms with Gasteiger partial charge >= 0.3 is 0 Å². The van der Waals surface area contributed by atoms with Crippen LogP contribution in [0, 0.1) is 11.6 Å². The third-order valence-corrected chi connectivity index (χ3v) is 4.36. The molecule has 0 aliphatic rings. The normalized spacial score (nSPS) is 12.4. The van der Waals surface area contributed by atoms with E-state index in [-0.39, 0.29) is 6.04 Å². The number of hydrogen-bond acceptors (Lipinski definition) is 1. The van der Waals surface area contributed by atoms with E-state index in [1.807, 2.05) is 25.1 Å². The molecule has 1 unspecified atom stereocenters. The van der Waals surface area contributed by atoms with E-state index in [2.05, 4.69) is 37.2 Å². The molecular formula is C16H15Br2F2N. The molecule has 1 N–H and O–H groups in total. The second kappa shape index (κ2) is 7.47. The molecular weight excluding hydrogens is 404 g/mol. The van der Waals surface area contributed by atoms with Gasteiger partial charge in [0.2, 0.25) is 0 Å². The number of hydrogen-bond donors (Lipinski definition) is 1. The summed E-state index contributed by atoms with van der Waals surface area (Å²) >= 11 is 6.94. The van der Waals surface area contributed by atoms with Crippen LogP contribution in [-0.2, 0) is 0 Å². The second-order valence-corrected chi connectivity index (χ2v) is 6.49. The van der Waals surface area contributed by atoms with E-state index in [9.17, 15) is 8.78 Å². The van der Waals surface area contributed by atoms with Crippen molar-refractivity contribution in [2.24, 2.45) is 0 Å². The van der Waals surface area contributed by atoms with Crippen molar-refractivity contribution in [1.29, 1.82) is 0 Å². The lowest BCUT2D eigenvalue weighted by atomic mass is 9.98. The maximum Gasteiger partial charge on any atom is 0.131 e. The lowest BCUT2D eigenvalue weighted by molar-refractivity contribution is 0.532. The molecule has 0 heterocycles. The zero-order valence-electron chi connectivity index (χ0n) is 11.5. The van der Waals surface area contributed by atoms with E-state index in [1.54, 1.807) is 0 Å². The summed E-state index contributed by atoms with van der Waals surface area (Å²) in [5.74, 6) is -1.12. The minimum Gasteiger partial charge on any atom is -0.306 e. The first-order valence-electron chi connectivity index (χ1n) is 6.66. The summed E-state index contributed by atoms with van der Waals surface area (Å²) in [6.45, 7) is 2.78. The molecule has 0 amide bonds. The predicted molar refractivity (Wildman–Crippen MR) is 88.3 cm³/mol. The Morgan fingerprint density at radius 1 is 1.05 bits per heavy atom. The summed E-state index contributed by atoms with van der Waals surface area (Å²) in [6, 6.07) is 9.10. The minimum absolute atomic E-state index is 0.336. The number of rotatable bonds is 5. The molecule has 0 saturated carbocycles. The highest BCUT2D eigenvalue weighted by Gasteiger charge is 2.20. The molecule has 0 aromatic heterocycles. The predicted octanol–water partition coefficient (Wildman–Crippen LogP) is 5.58. The van der Waals surface area contributed by atoms with Crippen LogP contribution in [0.1, 0.15) is 30.5 Å². The fourth-order valence-corrected chi connectivity index (χ4v) is 3.00. The van der Waals surface area contributed by atoms with E-state index in [1.165, 1.54) is 12.1 Å². The van der Waals surface area contributed by atoms with Crippen molar-refractivity contribution >= 4 is 31.9 Å². The van der Waals surface area contributed by atoms with Crippen LogP contribution in [0.2, 0.25) is 0 Å². The van der Waals surface area contributed by atoms with Gasteiger partial charge in [-0.15, -0.1) is 0 Å². The number of benzene rings is 2. The zero-order valence-corrected chi connectivity index (χ0v) is 14.6. The highest BCUT2D eigenvalue weighted by Crippen LogP contribution is 2.32. The smallest absolute Gasteiger partial charge is 0.131 e. The van der Waals surface area contributed by atoms with Crippen LogP contribution < -0.4 is 5.32 Å². The molecule has 2 aromatic rings. The van der Waals surface area contributed by atoms with Gasteiger partial charge in [0.25, 0.3) is 0 Å². The molecule has 2 aromatic carbocycles. The quantitative estimate of drug-likeness (QED) is 0.668. The summed E-state index contributed by atoms with van der Waals surface area (Å²) in [7, 11) is 0. The molecule has 112 valence electrons. The topological polar surface area (TPSA) is 12.0 Å². The highest BCUT2D eigenvalue weighted by molar-refractivity contribution is 9.11. The molecule has 2 rings (SSSR count). The highest BCUT2D eigenvalue weighted by atomic mass is 79.9. The summed E-state index contributed by atoms with van der Waals surface area (Å²) in [5, 5.41) is 3.32. The first-order valence-corrected chi connectivity index (χ1v) is 8.24. The molecule has 0 radical (unpaired) electrons. The summed E-state index contributed by atoms with van der Waals surface area (Å²) in [4.78, 5) is 0. The van der Waals surface area contributed by atoms with Crippen molar-refractivity contribution < 1.29 is 8.78 Å². The zero-order chi connectivity index (χ0) is 15.4. The molecule has 1 atom stereocenters. The van der Waals surface area contributed by atoms with Crippen LogP contribution in [0.25, 0.3) is 0 Å². The maximum absolute atomic E-state index is 14.1. The largest absolute Gasteiger partial charge is 0.306 e. The molecule has 0 saturated heterocycles. The van der Waals surface area contributed by atoms with Gasteiger partial charge in [0, 0.05) is 20.6 Å². The van der Waals surface area contributed by atoms with Crippen molar-refractivity contribution in [2.45, 2.75) is 19.4 Å². The molecule has 5 heteroatoms. The van der Waals surface area contributed by atoms with Crippen molar-refractivity contribution in [3.63, 3.8) is 0 Å². The van der Waals surface area contributed by atoms with Gasteiger partial charge in [0.05, 0.1) is 6.04 Å². The molecule has 0 bridgehead atoms. The van der Waals surface area contributed by atoms with Crippen LogP contribution in [0.4, 0.5) is 8.78 Å². The standard InChI is InChI=1S/C16H15Br2F2N/c1-2-7-21-16(12-5-4-11(19)9-15(12)20)13-8-10(17)3-6-14(13)18/h3-6,8-9,16,21H,2,7H2,1H3. The fourth-order valence-electron chi connectivity index (χ4n) is 2.15. The summed E-state index contributed by atoms with van der Waals surface area (Å²) in [5.41, 5.74) is 1.34. The third-order valence-electron chi connectivity index (χ3n) is 3.14. The Kier molecular flexibility index (Phi) is 5.90. The van der Waals surface area contributed by atoms with Gasteiger partial charge in [-0.25, -0.2) is 8.78 Å². The molecule has 0 aliphatic heterocycles. The Labute approximate surface area is 140 Å². The van der Waals surface area contributed by atoms with Crippen LogP contribution in [-0.4, -0.2) is 6.54 Å². The second-order valence-electron chi connectivity index (χ2n) is 4.72. The fraction of sp³-hybridized carbons (Fsp3) is 0.250.